The fourth-order valence-corrected chi connectivity index (χ4v) is 3.68. The molecule has 152 valence electrons. The monoisotopic (exact) mass is 419 g/mol. The van der Waals surface area contributed by atoms with Gasteiger partial charge in [0.1, 0.15) is 12.0 Å². The van der Waals surface area contributed by atoms with Gasteiger partial charge in [0.25, 0.3) is 0 Å². The molecule has 0 saturated carbocycles. The standard InChI is InChI=1S/C20H20N6S.CHNO/c1-14-7-9-16(10-8-14)19-12-26(24-22-19)18-6-4-5-17(11-18)15(2)27-20-23-21-13-25(20)3;2-1-3/h4-13,15H,1-3H3;2H/t15-;/m0./s1. The van der Waals surface area contributed by atoms with E-state index in [4.69, 9.17) is 10.2 Å². The van der Waals surface area contributed by atoms with Crippen LogP contribution in [0.5, 0.6) is 0 Å². The van der Waals surface area contributed by atoms with Crippen molar-refractivity contribution in [3.05, 3.63) is 72.2 Å². The molecule has 0 aliphatic carbocycles. The smallest absolute Gasteiger partial charge is 0.231 e. The number of hydrogen-bond donors (Lipinski definition) is 1. The van der Waals surface area contributed by atoms with Crippen molar-refractivity contribution < 1.29 is 4.79 Å². The minimum Gasteiger partial charge on any atom is -0.312 e. The van der Waals surface area contributed by atoms with Crippen molar-refractivity contribution in [2.45, 2.75) is 24.3 Å². The molecule has 0 fully saturated rings. The van der Waals surface area contributed by atoms with Gasteiger partial charge in [0.2, 0.25) is 6.08 Å². The first-order valence-electron chi connectivity index (χ1n) is 9.16. The van der Waals surface area contributed by atoms with Crippen molar-refractivity contribution in [2.24, 2.45) is 7.05 Å². The Morgan fingerprint density at radius 2 is 1.87 bits per heavy atom. The molecule has 0 saturated heterocycles. The summed E-state index contributed by atoms with van der Waals surface area (Å²) in [6.07, 6.45) is 4.43. The zero-order valence-electron chi connectivity index (χ0n) is 16.9. The van der Waals surface area contributed by atoms with Crippen LogP contribution < -0.4 is 0 Å². The van der Waals surface area contributed by atoms with Crippen LogP contribution in [0, 0.1) is 12.3 Å². The van der Waals surface area contributed by atoms with Crippen LogP contribution in [0.3, 0.4) is 0 Å². The lowest BCUT2D eigenvalue weighted by atomic mass is 10.1. The maximum absolute atomic E-state index is 8.35. The molecule has 0 aliphatic rings. The Bertz CT molecular complexity index is 1140. The highest BCUT2D eigenvalue weighted by Crippen LogP contribution is 2.33. The van der Waals surface area contributed by atoms with E-state index in [1.165, 1.54) is 11.1 Å². The fourth-order valence-electron chi connectivity index (χ4n) is 2.77. The topological polar surface area (TPSA) is 102 Å². The average molecular weight is 420 g/mol. The number of benzene rings is 2. The molecule has 9 heteroatoms. The van der Waals surface area contributed by atoms with Crippen LogP contribution in [0.15, 0.2) is 66.2 Å². The van der Waals surface area contributed by atoms with Gasteiger partial charge in [-0.3, -0.25) is 0 Å². The van der Waals surface area contributed by atoms with Crippen molar-refractivity contribution in [3.63, 3.8) is 0 Å². The van der Waals surface area contributed by atoms with Gasteiger partial charge in [0, 0.05) is 17.9 Å². The molecule has 0 amide bonds. The van der Waals surface area contributed by atoms with Crippen LogP contribution in [0.25, 0.3) is 16.9 Å². The van der Waals surface area contributed by atoms with E-state index in [2.05, 4.69) is 70.8 Å². The number of thioether (sulfide) groups is 1. The predicted molar refractivity (Wildman–Crippen MR) is 115 cm³/mol. The summed E-state index contributed by atoms with van der Waals surface area (Å²) in [5, 5.41) is 23.3. The van der Waals surface area contributed by atoms with Gasteiger partial charge in [0.05, 0.1) is 11.9 Å². The average Bonchev–Trinajstić information content (AvgIpc) is 3.39. The lowest BCUT2D eigenvalue weighted by Crippen LogP contribution is -1.98. The molecule has 0 unspecified atom stereocenters. The molecule has 0 aliphatic heterocycles. The second-order valence-corrected chi connectivity index (χ2v) is 7.90. The largest absolute Gasteiger partial charge is 0.312 e. The van der Waals surface area contributed by atoms with Crippen LogP contribution in [-0.2, 0) is 11.8 Å². The van der Waals surface area contributed by atoms with E-state index >= 15 is 0 Å². The molecular weight excluding hydrogens is 398 g/mol. The van der Waals surface area contributed by atoms with Gasteiger partial charge >= 0.3 is 0 Å². The highest BCUT2D eigenvalue weighted by molar-refractivity contribution is 7.99. The van der Waals surface area contributed by atoms with Crippen LogP contribution in [0.2, 0.25) is 0 Å². The van der Waals surface area contributed by atoms with E-state index in [-0.39, 0.29) is 5.25 Å². The molecule has 30 heavy (non-hydrogen) atoms. The summed E-state index contributed by atoms with van der Waals surface area (Å²) in [5.41, 5.74) is 5.35. The number of carbonyl (C=O) groups excluding carboxylic acids is 1. The summed E-state index contributed by atoms with van der Waals surface area (Å²) in [6.45, 7) is 4.24. The van der Waals surface area contributed by atoms with Crippen LogP contribution in [0.1, 0.15) is 23.3 Å². The molecule has 1 N–H and O–H groups in total. The second kappa shape index (κ2) is 9.78. The normalized spacial score (nSPS) is 11.3. The number of aromatic nitrogens is 6. The van der Waals surface area contributed by atoms with Gasteiger partial charge in [0.15, 0.2) is 5.16 Å². The minimum atomic E-state index is 0.243. The third-order valence-corrected chi connectivity index (χ3v) is 5.60. The Hall–Kier alpha value is -3.55. The minimum absolute atomic E-state index is 0.243. The zero-order valence-corrected chi connectivity index (χ0v) is 17.7. The van der Waals surface area contributed by atoms with E-state index in [0.717, 1.165) is 28.2 Å². The highest BCUT2D eigenvalue weighted by Gasteiger charge is 2.13. The Kier molecular flexibility index (Phi) is 6.90. The Morgan fingerprint density at radius 1 is 1.13 bits per heavy atom. The lowest BCUT2D eigenvalue weighted by Gasteiger charge is -2.12. The summed E-state index contributed by atoms with van der Waals surface area (Å²) in [4.78, 5) is 8.35. The van der Waals surface area contributed by atoms with Crippen molar-refractivity contribution in [1.82, 2.24) is 29.8 Å². The quantitative estimate of drug-likeness (QED) is 0.296. The van der Waals surface area contributed by atoms with E-state index < -0.39 is 0 Å². The number of rotatable bonds is 5. The highest BCUT2D eigenvalue weighted by atomic mass is 32.2. The third kappa shape index (κ3) is 5.08. The summed E-state index contributed by atoms with van der Waals surface area (Å²) in [7, 11) is 1.95. The molecule has 1 atom stereocenters. The summed E-state index contributed by atoms with van der Waals surface area (Å²) < 4.78 is 3.74. The molecule has 4 aromatic rings. The Morgan fingerprint density at radius 3 is 2.53 bits per heavy atom. The predicted octanol–water partition coefficient (Wildman–Crippen LogP) is 4.13. The molecular formula is C21H21N7OS. The Labute approximate surface area is 178 Å². The lowest BCUT2D eigenvalue weighted by molar-refractivity contribution is 0.563. The SMILES string of the molecule is Cc1ccc(-c2cn(-c3cccc([C@H](C)Sc4nncn4C)c3)nn2)cc1.N=C=O. The summed E-state index contributed by atoms with van der Waals surface area (Å²) >= 11 is 1.68. The molecule has 0 radical (unpaired) electrons. The van der Waals surface area contributed by atoms with Crippen LogP contribution >= 0.6 is 11.8 Å². The number of nitrogens with zero attached hydrogens (tertiary/aromatic N) is 6. The van der Waals surface area contributed by atoms with Crippen LogP contribution in [-0.4, -0.2) is 35.8 Å². The first-order valence-corrected chi connectivity index (χ1v) is 10.0. The maximum atomic E-state index is 8.35. The number of aryl methyl sites for hydroxylation is 2. The van der Waals surface area contributed by atoms with Crippen molar-refractivity contribution >= 4 is 17.8 Å². The molecule has 8 nitrogen and oxygen atoms in total. The third-order valence-electron chi connectivity index (χ3n) is 4.40. The van der Waals surface area contributed by atoms with Crippen molar-refractivity contribution in [2.75, 3.05) is 0 Å². The van der Waals surface area contributed by atoms with E-state index in [9.17, 15) is 0 Å². The molecule has 4 rings (SSSR count). The van der Waals surface area contributed by atoms with Gasteiger partial charge in [-0.1, -0.05) is 58.9 Å². The van der Waals surface area contributed by atoms with Gasteiger partial charge in [-0.25, -0.2) is 14.9 Å². The molecule has 2 aromatic heterocycles. The van der Waals surface area contributed by atoms with Crippen molar-refractivity contribution in [1.29, 1.82) is 5.41 Å². The zero-order chi connectivity index (χ0) is 21.5. The van der Waals surface area contributed by atoms with Crippen LogP contribution in [0.4, 0.5) is 0 Å². The summed E-state index contributed by atoms with van der Waals surface area (Å²) in [6, 6.07) is 16.7. The number of hydrogen-bond acceptors (Lipinski definition) is 7. The second-order valence-electron chi connectivity index (χ2n) is 6.60. The van der Waals surface area contributed by atoms with Gasteiger partial charge in [-0.05, 0) is 31.5 Å². The maximum Gasteiger partial charge on any atom is 0.231 e. The first-order chi connectivity index (χ1) is 14.5. The number of nitrogens with one attached hydrogen (secondary N) is 1. The fraction of sp³-hybridized carbons (Fsp3) is 0.190. The molecule has 0 spiro atoms. The number of isocyanates is 1. The molecule has 2 aromatic carbocycles. The van der Waals surface area contributed by atoms with E-state index in [1.54, 1.807) is 18.1 Å². The molecule has 0 bridgehead atoms. The summed E-state index contributed by atoms with van der Waals surface area (Å²) in [5.74, 6) is 0. The van der Waals surface area contributed by atoms with Gasteiger partial charge in [-0.15, -0.1) is 15.3 Å². The van der Waals surface area contributed by atoms with E-state index in [1.807, 2.05) is 34.6 Å². The Balaban J connectivity index is 0.000000806. The van der Waals surface area contributed by atoms with Crippen molar-refractivity contribution in [3.8, 4) is 16.9 Å². The van der Waals surface area contributed by atoms with Gasteiger partial charge in [-0.2, -0.15) is 0 Å². The van der Waals surface area contributed by atoms with Gasteiger partial charge < -0.3 is 4.57 Å². The first kappa shape index (κ1) is 21.2. The van der Waals surface area contributed by atoms with E-state index in [0.29, 0.717) is 0 Å². The molecule has 2 heterocycles.